The van der Waals surface area contributed by atoms with Gasteiger partial charge in [-0.25, -0.2) is 0 Å². The first kappa shape index (κ1) is 36.5. The highest BCUT2D eigenvalue weighted by molar-refractivity contribution is 7.88. The fourth-order valence-corrected chi connectivity index (χ4v) is 8.42. The molecule has 6 N–H and O–H groups in total. The van der Waals surface area contributed by atoms with E-state index in [9.17, 15) is 68.7 Å². The van der Waals surface area contributed by atoms with Crippen LogP contribution < -0.4 is 0 Å². The van der Waals surface area contributed by atoms with Crippen LogP contribution in [0.25, 0.3) is 0 Å². The molecule has 0 aromatic heterocycles. The van der Waals surface area contributed by atoms with Gasteiger partial charge in [0.2, 0.25) is 0 Å². The zero-order chi connectivity index (χ0) is 29.8. The molecule has 0 rings (SSSR count). The molecule has 0 spiro atoms. The van der Waals surface area contributed by atoms with E-state index in [1.54, 1.807) is 0 Å². The summed E-state index contributed by atoms with van der Waals surface area (Å²) in [6.07, 6.45) is -6.73. The summed E-state index contributed by atoms with van der Waals surface area (Å²) in [6.45, 7) is 0.938. The molecule has 0 saturated carbocycles. The van der Waals surface area contributed by atoms with Crippen molar-refractivity contribution in [2.24, 2.45) is 0 Å². The van der Waals surface area contributed by atoms with E-state index >= 15 is 0 Å². The summed E-state index contributed by atoms with van der Waals surface area (Å²) in [4.78, 5) is 0. The van der Waals surface area contributed by atoms with Crippen molar-refractivity contribution >= 4 is 60.7 Å². The van der Waals surface area contributed by atoms with Crippen LogP contribution in [0, 0.1) is 0 Å². The molecule has 0 heterocycles. The molecule has 0 aliphatic heterocycles. The number of hydrogen-bond acceptors (Lipinski definition) is 12. The van der Waals surface area contributed by atoms with E-state index in [-0.39, 0.29) is 0 Å². The van der Waals surface area contributed by atoms with E-state index in [0.717, 1.165) is 6.92 Å². The van der Waals surface area contributed by atoms with Gasteiger partial charge >= 0.3 is 0 Å². The third-order valence-electron chi connectivity index (χ3n) is 5.36. The molecule has 0 aromatic rings. The Kier molecular flexibility index (Phi) is 12.6. The molecule has 224 valence electrons. The van der Waals surface area contributed by atoms with Gasteiger partial charge in [0.05, 0.1) is 32.0 Å². The molecular weight excluding hydrogens is 637 g/mol. The van der Waals surface area contributed by atoms with E-state index in [1.807, 2.05) is 0 Å². The molecule has 0 aliphatic carbocycles. The lowest BCUT2D eigenvalue weighted by Gasteiger charge is -2.25. The molecule has 0 aromatic carbocycles. The first-order valence-electron chi connectivity index (χ1n) is 9.81. The van der Waals surface area contributed by atoms with E-state index in [2.05, 4.69) is 0 Å². The van der Waals surface area contributed by atoms with Crippen molar-refractivity contribution in [1.29, 1.82) is 0 Å². The lowest BCUT2D eigenvalue weighted by Crippen LogP contribution is -2.38. The molecule has 24 heteroatoms. The maximum Gasteiger partial charge on any atom is 0.267 e. The Morgan fingerprint density at radius 3 is 1.00 bits per heavy atom. The van der Waals surface area contributed by atoms with Crippen molar-refractivity contribution in [3.8, 4) is 0 Å². The molecule has 4 unspecified atom stereocenters. The van der Waals surface area contributed by atoms with Crippen molar-refractivity contribution < 1.29 is 77.8 Å². The van der Waals surface area contributed by atoms with Gasteiger partial charge in [-0.3, -0.25) is 27.3 Å². The van der Waals surface area contributed by atoms with Crippen LogP contribution in [0.4, 0.5) is 0 Å². The van der Waals surface area contributed by atoms with Crippen molar-refractivity contribution in [2.45, 2.75) is 71.7 Å². The van der Waals surface area contributed by atoms with Crippen molar-refractivity contribution in [2.75, 3.05) is 5.75 Å². The van der Waals surface area contributed by atoms with E-state index < -0.39 is 131 Å². The Morgan fingerprint density at radius 1 is 0.432 bits per heavy atom. The maximum atomic E-state index is 11.9. The van der Waals surface area contributed by atoms with Crippen LogP contribution >= 0.6 is 0 Å². The Balaban J connectivity index is 6.26. The van der Waals surface area contributed by atoms with Crippen molar-refractivity contribution in [1.82, 2.24) is 0 Å². The van der Waals surface area contributed by atoms with Gasteiger partial charge in [0.15, 0.2) is 0 Å². The van der Waals surface area contributed by atoms with Crippen molar-refractivity contribution in [3.05, 3.63) is 0 Å². The summed E-state index contributed by atoms with van der Waals surface area (Å²) in [6, 6.07) is 0. The Bertz CT molecular complexity index is 1420. The average Bonchev–Trinajstić information content (AvgIpc) is 2.59. The van der Waals surface area contributed by atoms with E-state index in [1.165, 1.54) is 0 Å². The molecule has 0 saturated heterocycles. The smallest absolute Gasteiger partial charge is 0.267 e. The van der Waals surface area contributed by atoms with E-state index in [0.29, 0.717) is 0 Å². The van der Waals surface area contributed by atoms with Crippen LogP contribution in [0.1, 0.15) is 45.4 Å². The van der Waals surface area contributed by atoms with E-state index in [4.69, 9.17) is 9.11 Å². The Morgan fingerprint density at radius 2 is 0.730 bits per heavy atom. The summed E-state index contributed by atoms with van der Waals surface area (Å²) < 4.78 is 194. The highest BCUT2D eigenvalue weighted by Crippen LogP contribution is 2.27. The molecule has 0 bridgehead atoms. The summed E-state index contributed by atoms with van der Waals surface area (Å²) in [7, 11) is -30.8. The van der Waals surface area contributed by atoms with Gasteiger partial charge in [-0.05, 0) is 45.4 Å². The number of rotatable bonds is 17. The molecule has 37 heavy (non-hydrogen) atoms. The lowest BCUT2D eigenvalue weighted by molar-refractivity contribution is 0.410. The first-order valence-corrected chi connectivity index (χ1v) is 18.9. The molecule has 18 nitrogen and oxygen atoms in total. The van der Waals surface area contributed by atoms with Crippen LogP contribution in [0.3, 0.4) is 0 Å². The predicted octanol–water partition coefficient (Wildman–Crippen LogP) is -1.48. The normalized spacial score (nSPS) is 18.6. The summed E-state index contributed by atoms with van der Waals surface area (Å²) in [5.74, 6) is -1.31. The van der Waals surface area contributed by atoms with Gasteiger partial charge in [0.1, 0.15) is 0 Å². The fourth-order valence-electron chi connectivity index (χ4n) is 3.19. The second-order valence-electron chi connectivity index (χ2n) is 8.23. The van der Waals surface area contributed by atoms with Gasteiger partial charge in [0.25, 0.3) is 60.7 Å². The van der Waals surface area contributed by atoms with Gasteiger partial charge in [-0.1, -0.05) is 0 Å². The molecule has 5 atom stereocenters. The molecule has 0 amide bonds. The van der Waals surface area contributed by atoms with Crippen LogP contribution in [0.5, 0.6) is 0 Å². The zero-order valence-electron chi connectivity index (χ0n) is 18.9. The number of hydrogen-bond donors (Lipinski definition) is 6. The monoisotopic (exact) mass is 664 g/mol. The van der Waals surface area contributed by atoms with Gasteiger partial charge < -0.3 is 0 Å². The highest BCUT2D eigenvalue weighted by Gasteiger charge is 2.40. The van der Waals surface area contributed by atoms with Crippen LogP contribution in [-0.2, 0) is 60.7 Å². The standard InChI is InChI=1S/C13H28O18S6/c1-9(33(17,18)19)2-3-10(34(20,21)22)6-12(36(26,27)28)8-13(37(29,30)31)7-11(35(23,24)25)4-5-32(14,15)16/h9-13H,2-8H2,1H3,(H,14,15,16)(H,17,18,19)(H,20,21,22)(H,23,24,25)(H,26,27,28)(H,29,30,31)/t9-,10?,11?,12?,13?/m1/s1. The molecular formula is C13H28O18S6. The zero-order valence-corrected chi connectivity index (χ0v) is 23.8. The van der Waals surface area contributed by atoms with Crippen LogP contribution in [0.15, 0.2) is 0 Å². The minimum absolute atomic E-state index is 0.663. The lowest BCUT2D eigenvalue weighted by atomic mass is 10.0. The first-order chi connectivity index (χ1) is 16.0. The van der Waals surface area contributed by atoms with Crippen LogP contribution in [-0.4, -0.2) is 110 Å². The maximum absolute atomic E-state index is 11.9. The fraction of sp³-hybridized carbons (Fsp3) is 1.00. The predicted molar refractivity (Wildman–Crippen MR) is 126 cm³/mol. The SMILES string of the molecule is C[C@H](CCC(CC(CC(CC(CCS(=O)(=O)O)S(=O)(=O)O)S(=O)(=O)O)S(=O)(=O)O)S(=O)(=O)O)S(=O)(=O)O. The third kappa shape index (κ3) is 14.4. The quantitative estimate of drug-likeness (QED) is 0.0965. The molecule has 0 fully saturated rings. The minimum atomic E-state index is -5.43. The Labute approximate surface area is 215 Å². The van der Waals surface area contributed by atoms with Gasteiger partial charge in [0, 0.05) is 0 Å². The largest absolute Gasteiger partial charge is 0.286 e. The highest BCUT2D eigenvalue weighted by atomic mass is 32.2. The Hall–Kier alpha value is -0.540. The van der Waals surface area contributed by atoms with Gasteiger partial charge in [-0.15, -0.1) is 0 Å². The summed E-state index contributed by atoms with van der Waals surface area (Å²) >= 11 is 0. The average molecular weight is 665 g/mol. The second kappa shape index (κ2) is 12.8. The summed E-state index contributed by atoms with van der Waals surface area (Å²) in [5, 5.41) is -11.0. The third-order valence-corrected chi connectivity index (χ3v) is 12.4. The summed E-state index contributed by atoms with van der Waals surface area (Å²) in [5.41, 5.74) is 0. The topological polar surface area (TPSA) is 326 Å². The second-order valence-corrected chi connectivity index (χ2v) is 18.4. The molecule has 0 aliphatic rings. The van der Waals surface area contributed by atoms with Gasteiger partial charge in [-0.2, -0.15) is 50.5 Å². The van der Waals surface area contributed by atoms with Crippen molar-refractivity contribution in [3.63, 3.8) is 0 Å². The minimum Gasteiger partial charge on any atom is -0.286 e. The van der Waals surface area contributed by atoms with Crippen LogP contribution in [0.2, 0.25) is 0 Å². The molecule has 0 radical (unpaired) electrons.